The molecule has 0 amide bonds. The summed E-state index contributed by atoms with van der Waals surface area (Å²) in [5.74, 6) is 0. The Morgan fingerprint density at radius 3 is 2.67 bits per heavy atom. The molecule has 0 fully saturated rings. The summed E-state index contributed by atoms with van der Waals surface area (Å²) in [7, 11) is 0. The van der Waals surface area contributed by atoms with E-state index in [0.29, 0.717) is 0 Å². The summed E-state index contributed by atoms with van der Waals surface area (Å²) in [5.41, 5.74) is 0. The van der Waals surface area contributed by atoms with Crippen LogP contribution in [0.4, 0.5) is 4.39 Å². The lowest BCUT2D eigenvalue weighted by Crippen LogP contribution is -1.68. The van der Waals surface area contributed by atoms with Gasteiger partial charge < -0.3 is 0 Å². The van der Waals surface area contributed by atoms with Gasteiger partial charge in [0, 0.05) is 12.4 Å². The van der Waals surface area contributed by atoms with Gasteiger partial charge in [0.25, 0.3) is 0 Å². The minimum Gasteiger partial charge on any atom is -0.267 e. The Balaban J connectivity index is 2.94. The molecule has 0 N–H and O–H groups in total. The second-order valence-electron chi connectivity index (χ2n) is 0.669. The van der Waals surface area contributed by atoms with Crippen LogP contribution in [0.3, 0.4) is 0 Å². The van der Waals surface area contributed by atoms with Gasteiger partial charge in [-0.2, -0.15) is 0 Å². The molecule has 0 aromatic heterocycles. The average molecular weight is 87.1 g/mol. The van der Waals surface area contributed by atoms with Gasteiger partial charge >= 0.3 is 0 Å². The summed E-state index contributed by atoms with van der Waals surface area (Å²) in [4.78, 5) is 3.35. The fourth-order valence-corrected chi connectivity index (χ4v) is 0.114. The van der Waals surface area contributed by atoms with E-state index in [-0.39, 0.29) is 0 Å². The number of hydrogen-bond acceptors (Lipinski definition) is 1. The van der Waals surface area contributed by atoms with E-state index in [0.717, 1.165) is 6.21 Å². The normalized spacial score (nSPS) is 9.50. The molecular formula is C4H6FN. The Bertz CT molecular complexity index is 58.6. The van der Waals surface area contributed by atoms with Crippen molar-refractivity contribution in [2.45, 2.75) is 0 Å². The lowest BCUT2D eigenvalue weighted by atomic mass is 10.8. The monoisotopic (exact) mass is 87.0 g/mol. The van der Waals surface area contributed by atoms with Crippen LogP contribution in [0.25, 0.3) is 0 Å². The lowest BCUT2D eigenvalue weighted by molar-refractivity contribution is 0.588. The number of aliphatic imine (C=N–C) groups is 1. The molecule has 6 heavy (non-hydrogen) atoms. The van der Waals surface area contributed by atoms with E-state index >= 15 is 0 Å². The van der Waals surface area contributed by atoms with E-state index in [2.05, 4.69) is 11.6 Å². The maximum Gasteiger partial charge on any atom is 0.125 e. The summed E-state index contributed by atoms with van der Waals surface area (Å²) in [6.07, 6.45) is 2.44. The standard InChI is InChI=1S/C4H6FN/c1-2-6-4-3-5/h2,4H,1,3H2. The van der Waals surface area contributed by atoms with Gasteiger partial charge in [0.2, 0.25) is 0 Å². The van der Waals surface area contributed by atoms with Crippen molar-refractivity contribution >= 4 is 6.21 Å². The largest absolute Gasteiger partial charge is 0.267 e. The minimum absolute atomic E-state index is 0.508. The van der Waals surface area contributed by atoms with Crippen LogP contribution in [0.5, 0.6) is 0 Å². The minimum atomic E-state index is -0.508. The smallest absolute Gasteiger partial charge is 0.125 e. The van der Waals surface area contributed by atoms with Crippen molar-refractivity contribution < 1.29 is 4.39 Å². The molecule has 0 aliphatic rings. The van der Waals surface area contributed by atoms with Gasteiger partial charge in [-0.3, -0.25) is 4.99 Å². The average Bonchev–Trinajstić information content (AvgIpc) is 1.61. The summed E-state index contributed by atoms with van der Waals surface area (Å²) < 4.78 is 11.0. The third-order valence-electron chi connectivity index (χ3n) is 0.280. The molecule has 0 bridgehead atoms. The van der Waals surface area contributed by atoms with Crippen LogP contribution in [0.1, 0.15) is 0 Å². The van der Waals surface area contributed by atoms with Crippen LogP contribution < -0.4 is 0 Å². The molecule has 0 radical (unpaired) electrons. The third kappa shape index (κ3) is 3.34. The highest BCUT2D eigenvalue weighted by atomic mass is 19.1. The van der Waals surface area contributed by atoms with Crippen LogP contribution >= 0.6 is 0 Å². The highest BCUT2D eigenvalue weighted by Gasteiger charge is 1.59. The molecule has 34 valence electrons. The van der Waals surface area contributed by atoms with Crippen molar-refractivity contribution in [3.8, 4) is 0 Å². The van der Waals surface area contributed by atoms with Crippen LogP contribution in [-0.4, -0.2) is 12.9 Å². The number of halogens is 1. The lowest BCUT2D eigenvalue weighted by Gasteiger charge is -1.66. The zero-order chi connectivity index (χ0) is 4.83. The van der Waals surface area contributed by atoms with Gasteiger partial charge in [-0.1, -0.05) is 6.58 Å². The first-order valence-electron chi connectivity index (χ1n) is 1.60. The van der Waals surface area contributed by atoms with Crippen molar-refractivity contribution in [1.82, 2.24) is 0 Å². The van der Waals surface area contributed by atoms with Gasteiger partial charge in [0.15, 0.2) is 0 Å². The van der Waals surface area contributed by atoms with Crippen molar-refractivity contribution in [3.63, 3.8) is 0 Å². The first kappa shape index (κ1) is 5.34. The van der Waals surface area contributed by atoms with Gasteiger partial charge in [0.05, 0.1) is 0 Å². The van der Waals surface area contributed by atoms with Gasteiger partial charge in [-0.25, -0.2) is 4.39 Å². The maximum absolute atomic E-state index is 11.0. The fourth-order valence-electron chi connectivity index (χ4n) is 0.114. The van der Waals surface area contributed by atoms with Crippen LogP contribution in [-0.2, 0) is 0 Å². The Morgan fingerprint density at radius 1 is 1.83 bits per heavy atom. The number of hydrogen-bond donors (Lipinski definition) is 0. The summed E-state index contributed by atoms with van der Waals surface area (Å²) in [6, 6.07) is 0. The van der Waals surface area contributed by atoms with E-state index in [1.54, 1.807) is 0 Å². The summed E-state index contributed by atoms with van der Waals surface area (Å²) in [5, 5.41) is 0. The second-order valence-corrected chi connectivity index (χ2v) is 0.669. The van der Waals surface area contributed by atoms with E-state index in [1.807, 2.05) is 0 Å². The zero-order valence-electron chi connectivity index (χ0n) is 3.39. The number of alkyl halides is 1. The Hall–Kier alpha value is -0.660. The van der Waals surface area contributed by atoms with E-state index in [9.17, 15) is 4.39 Å². The zero-order valence-corrected chi connectivity index (χ0v) is 3.39. The second kappa shape index (κ2) is 4.34. The molecule has 0 aromatic rings. The molecule has 0 rings (SSSR count). The summed E-state index contributed by atoms with van der Waals surface area (Å²) >= 11 is 0. The molecule has 0 saturated heterocycles. The molecule has 0 aliphatic heterocycles. The first-order valence-corrected chi connectivity index (χ1v) is 1.60. The van der Waals surface area contributed by atoms with Crippen molar-refractivity contribution in [3.05, 3.63) is 12.8 Å². The molecule has 2 heteroatoms. The van der Waals surface area contributed by atoms with E-state index in [1.165, 1.54) is 6.20 Å². The number of nitrogens with zero attached hydrogens (tertiary/aromatic N) is 1. The van der Waals surface area contributed by atoms with Crippen molar-refractivity contribution in [1.29, 1.82) is 0 Å². The molecule has 0 aliphatic carbocycles. The first-order chi connectivity index (χ1) is 2.91. The molecule has 0 saturated carbocycles. The third-order valence-corrected chi connectivity index (χ3v) is 0.280. The Kier molecular flexibility index (Phi) is 3.86. The molecule has 0 atom stereocenters. The van der Waals surface area contributed by atoms with E-state index in [4.69, 9.17) is 0 Å². The molecule has 0 spiro atoms. The highest BCUT2D eigenvalue weighted by molar-refractivity contribution is 5.58. The van der Waals surface area contributed by atoms with Crippen molar-refractivity contribution in [2.75, 3.05) is 6.67 Å². The molecule has 0 heterocycles. The summed E-state index contributed by atoms with van der Waals surface area (Å²) in [6.45, 7) is 2.73. The van der Waals surface area contributed by atoms with Gasteiger partial charge in [-0.05, 0) is 0 Å². The highest BCUT2D eigenvalue weighted by Crippen LogP contribution is 1.63. The molecule has 0 aromatic carbocycles. The van der Waals surface area contributed by atoms with Gasteiger partial charge in [-0.15, -0.1) is 0 Å². The SMILES string of the molecule is C=CN=CCF. The van der Waals surface area contributed by atoms with E-state index < -0.39 is 6.67 Å². The van der Waals surface area contributed by atoms with Crippen LogP contribution in [0, 0.1) is 0 Å². The van der Waals surface area contributed by atoms with Gasteiger partial charge in [0.1, 0.15) is 6.67 Å². The quantitative estimate of drug-likeness (QED) is 0.448. The maximum atomic E-state index is 11.0. The predicted octanol–water partition coefficient (Wildman–Crippen LogP) is 1.17. The fraction of sp³-hybridized carbons (Fsp3) is 0.250. The van der Waals surface area contributed by atoms with Crippen molar-refractivity contribution in [2.24, 2.45) is 4.99 Å². The van der Waals surface area contributed by atoms with Crippen LogP contribution in [0.15, 0.2) is 17.8 Å². The molecule has 1 nitrogen and oxygen atoms in total. The topological polar surface area (TPSA) is 12.4 Å². The number of rotatable bonds is 2. The molecule has 0 unspecified atom stereocenters. The predicted molar refractivity (Wildman–Crippen MR) is 24.7 cm³/mol. The van der Waals surface area contributed by atoms with Crippen LogP contribution in [0.2, 0.25) is 0 Å². The molecular weight excluding hydrogens is 81.0 g/mol. The Morgan fingerprint density at radius 2 is 2.50 bits per heavy atom. The Labute approximate surface area is 36.2 Å².